The van der Waals surface area contributed by atoms with Crippen LogP contribution in [-0.2, 0) is 3.24 Å². The minimum absolute atomic E-state index is 0.225. The van der Waals surface area contributed by atoms with Crippen LogP contribution in [0.5, 0.6) is 0 Å². The van der Waals surface area contributed by atoms with Gasteiger partial charge in [-0.25, -0.2) is 4.39 Å². The highest BCUT2D eigenvalue weighted by molar-refractivity contribution is 9.10. The lowest BCUT2D eigenvalue weighted by Crippen LogP contribution is -2.01. The molecule has 0 saturated heterocycles. The van der Waals surface area contributed by atoms with Gasteiger partial charge in [-0.05, 0) is 22.0 Å². The highest BCUT2D eigenvalue weighted by Crippen LogP contribution is 2.41. The molecule has 0 unspecified atom stereocenters. The fourth-order valence-electron chi connectivity index (χ4n) is 0.691. The zero-order valence-corrected chi connectivity index (χ0v) is 8.42. The molecule has 0 heterocycles. The van der Waals surface area contributed by atoms with Gasteiger partial charge in [-0.3, -0.25) is 0 Å². The van der Waals surface area contributed by atoms with Gasteiger partial charge in [0.15, 0.2) is 3.24 Å². The molecule has 0 radical (unpaired) electrons. The third-order valence-electron chi connectivity index (χ3n) is 1.18. The maximum Gasteiger partial charge on any atom is 0.199 e. The molecule has 0 spiro atoms. The van der Waals surface area contributed by atoms with Gasteiger partial charge in [0.2, 0.25) is 0 Å². The molecule has 0 bridgehead atoms. The van der Waals surface area contributed by atoms with Crippen LogP contribution in [0.15, 0.2) is 24.3 Å². The first-order valence-electron chi connectivity index (χ1n) is 2.83. The summed E-state index contributed by atoms with van der Waals surface area (Å²) in [5.74, 6) is -0.422. The molecule has 0 atom stereocenters. The van der Waals surface area contributed by atoms with E-state index in [-0.39, 0.29) is 5.56 Å². The molecule has 0 saturated carbocycles. The van der Waals surface area contributed by atoms with Crippen LogP contribution in [0.4, 0.5) is 4.39 Å². The summed E-state index contributed by atoms with van der Waals surface area (Å²) in [6, 6.07) is 6.06. The third-order valence-corrected chi connectivity index (χ3v) is 2.01. The van der Waals surface area contributed by atoms with Crippen molar-refractivity contribution in [1.82, 2.24) is 0 Å². The summed E-state index contributed by atoms with van der Waals surface area (Å²) >= 11 is 14.1. The van der Waals surface area contributed by atoms with Crippen LogP contribution in [0.3, 0.4) is 0 Å². The average molecular weight is 258 g/mol. The molecular formula is C7H4BrCl2F. The molecule has 1 aromatic rings. The van der Waals surface area contributed by atoms with Crippen LogP contribution in [0.2, 0.25) is 0 Å². The van der Waals surface area contributed by atoms with Gasteiger partial charge < -0.3 is 0 Å². The van der Waals surface area contributed by atoms with Crippen molar-refractivity contribution in [3.05, 3.63) is 35.6 Å². The Labute approximate surface area is 82.4 Å². The predicted octanol–water partition coefficient (Wildman–Crippen LogP) is 3.81. The molecule has 60 valence electrons. The third kappa shape index (κ3) is 2.32. The van der Waals surface area contributed by atoms with Gasteiger partial charge in [-0.1, -0.05) is 41.4 Å². The lowest BCUT2D eigenvalue weighted by Gasteiger charge is -2.11. The molecule has 4 heteroatoms. The summed E-state index contributed by atoms with van der Waals surface area (Å²) in [4.78, 5) is 0. The lowest BCUT2D eigenvalue weighted by atomic mass is 10.2. The lowest BCUT2D eigenvalue weighted by molar-refractivity contribution is 0.614. The van der Waals surface area contributed by atoms with Crippen molar-refractivity contribution in [2.24, 2.45) is 0 Å². The number of alkyl halides is 3. The molecule has 0 aliphatic heterocycles. The molecule has 0 amide bonds. The Morgan fingerprint density at radius 3 is 2.18 bits per heavy atom. The number of hydrogen-bond acceptors (Lipinski definition) is 0. The summed E-state index contributed by atoms with van der Waals surface area (Å²) in [5, 5.41) is 0. The van der Waals surface area contributed by atoms with E-state index >= 15 is 0 Å². The van der Waals surface area contributed by atoms with Gasteiger partial charge in [0, 0.05) is 5.56 Å². The topological polar surface area (TPSA) is 0 Å². The molecule has 0 N–H and O–H groups in total. The zero-order valence-electron chi connectivity index (χ0n) is 5.32. The first-order chi connectivity index (χ1) is 5.02. The van der Waals surface area contributed by atoms with E-state index < -0.39 is 9.06 Å². The highest BCUT2D eigenvalue weighted by Gasteiger charge is 2.24. The second-order valence-corrected chi connectivity index (χ2v) is 5.41. The van der Waals surface area contributed by atoms with Gasteiger partial charge in [-0.2, -0.15) is 0 Å². The van der Waals surface area contributed by atoms with Gasteiger partial charge in [0.25, 0.3) is 0 Å². The summed E-state index contributed by atoms with van der Waals surface area (Å²) in [5.41, 5.74) is 0.225. The Morgan fingerprint density at radius 2 is 1.82 bits per heavy atom. The van der Waals surface area contributed by atoms with Gasteiger partial charge >= 0.3 is 0 Å². The van der Waals surface area contributed by atoms with Crippen molar-refractivity contribution in [1.29, 1.82) is 0 Å². The van der Waals surface area contributed by atoms with E-state index in [9.17, 15) is 4.39 Å². The molecular weight excluding hydrogens is 254 g/mol. The molecule has 0 fully saturated rings. The van der Waals surface area contributed by atoms with E-state index in [1.54, 1.807) is 12.1 Å². The molecule has 0 aliphatic rings. The first kappa shape index (κ1) is 9.30. The molecule has 1 aromatic carbocycles. The van der Waals surface area contributed by atoms with E-state index in [2.05, 4.69) is 15.9 Å². The van der Waals surface area contributed by atoms with Crippen LogP contribution in [-0.4, -0.2) is 0 Å². The number of rotatable bonds is 1. The number of benzene rings is 1. The minimum atomic E-state index is -1.33. The van der Waals surface area contributed by atoms with E-state index in [4.69, 9.17) is 23.2 Å². The Bertz CT molecular complexity index is 257. The van der Waals surface area contributed by atoms with E-state index in [1.165, 1.54) is 12.1 Å². The summed E-state index contributed by atoms with van der Waals surface area (Å²) in [6.45, 7) is 0. The molecule has 1 rings (SSSR count). The fourth-order valence-corrected chi connectivity index (χ4v) is 1.32. The van der Waals surface area contributed by atoms with E-state index in [1.807, 2.05) is 0 Å². The highest BCUT2D eigenvalue weighted by atomic mass is 79.9. The Hall–Kier alpha value is 0.210. The van der Waals surface area contributed by atoms with Crippen molar-refractivity contribution in [3.8, 4) is 0 Å². The van der Waals surface area contributed by atoms with E-state index in [0.717, 1.165) is 0 Å². The van der Waals surface area contributed by atoms with Crippen molar-refractivity contribution >= 4 is 39.1 Å². The number of hydrogen-bond donors (Lipinski definition) is 0. The van der Waals surface area contributed by atoms with Crippen LogP contribution < -0.4 is 0 Å². The molecule has 0 aliphatic carbocycles. The van der Waals surface area contributed by atoms with Crippen molar-refractivity contribution in [2.75, 3.05) is 0 Å². The second kappa shape index (κ2) is 3.30. The van der Waals surface area contributed by atoms with Crippen molar-refractivity contribution < 1.29 is 4.39 Å². The van der Waals surface area contributed by atoms with Crippen LogP contribution in [0.1, 0.15) is 5.56 Å². The first-order valence-corrected chi connectivity index (χ1v) is 4.38. The Morgan fingerprint density at radius 1 is 1.27 bits per heavy atom. The fraction of sp³-hybridized carbons (Fsp3) is 0.143. The SMILES string of the molecule is Fc1ccccc1C(Cl)(Cl)Br. The predicted molar refractivity (Wildman–Crippen MR) is 48.7 cm³/mol. The largest absolute Gasteiger partial charge is 0.207 e. The summed E-state index contributed by atoms with van der Waals surface area (Å²) in [7, 11) is 0. The van der Waals surface area contributed by atoms with Gasteiger partial charge in [0.1, 0.15) is 5.82 Å². The average Bonchev–Trinajstić information content (AvgIpc) is 1.86. The quantitative estimate of drug-likeness (QED) is 0.672. The zero-order chi connectivity index (χ0) is 8.48. The Kier molecular flexibility index (Phi) is 2.79. The normalized spacial score (nSPS) is 11.6. The second-order valence-electron chi connectivity index (χ2n) is 1.98. The molecule has 11 heavy (non-hydrogen) atoms. The maximum atomic E-state index is 12.9. The smallest absolute Gasteiger partial charge is 0.199 e. The molecule has 0 nitrogen and oxygen atoms in total. The summed E-state index contributed by atoms with van der Waals surface area (Å²) in [6.07, 6.45) is 0. The number of halogens is 4. The summed E-state index contributed by atoms with van der Waals surface area (Å²) < 4.78 is 11.6. The van der Waals surface area contributed by atoms with E-state index in [0.29, 0.717) is 0 Å². The standard InChI is InChI=1S/C7H4BrCl2F/c8-7(9,10)5-3-1-2-4-6(5)11/h1-4H. The minimum Gasteiger partial charge on any atom is -0.207 e. The van der Waals surface area contributed by atoms with Crippen molar-refractivity contribution in [2.45, 2.75) is 3.24 Å². The van der Waals surface area contributed by atoms with Crippen molar-refractivity contribution in [3.63, 3.8) is 0 Å². The maximum absolute atomic E-state index is 12.9. The van der Waals surface area contributed by atoms with Gasteiger partial charge in [-0.15, -0.1) is 0 Å². The Balaban J connectivity index is 3.14. The monoisotopic (exact) mass is 256 g/mol. The van der Waals surface area contributed by atoms with Crippen LogP contribution in [0.25, 0.3) is 0 Å². The van der Waals surface area contributed by atoms with Crippen LogP contribution in [0, 0.1) is 5.82 Å². The molecule has 0 aromatic heterocycles. The van der Waals surface area contributed by atoms with Crippen LogP contribution >= 0.6 is 39.1 Å². The van der Waals surface area contributed by atoms with Gasteiger partial charge in [0.05, 0.1) is 0 Å².